The summed E-state index contributed by atoms with van der Waals surface area (Å²) in [5, 5.41) is 26.7. The van der Waals surface area contributed by atoms with Crippen LogP contribution in [0.2, 0.25) is 6.32 Å². The predicted octanol–water partition coefficient (Wildman–Crippen LogP) is -2.13. The second-order valence-corrected chi connectivity index (χ2v) is 8.74. The first-order valence-corrected chi connectivity index (χ1v) is 9.70. The van der Waals surface area contributed by atoms with Crippen molar-refractivity contribution >= 4 is 23.3 Å². The summed E-state index contributed by atoms with van der Waals surface area (Å²) < 4.78 is 27.9. The molecule has 0 radical (unpaired) electrons. The predicted molar refractivity (Wildman–Crippen MR) is 93.7 cm³/mol. The topological polar surface area (TPSA) is 170 Å². The number of rotatable bonds is 10. The summed E-state index contributed by atoms with van der Waals surface area (Å²) in [5.41, 5.74) is 11.0. The van der Waals surface area contributed by atoms with Gasteiger partial charge in [0.2, 0.25) is 0 Å². The lowest BCUT2D eigenvalue weighted by atomic mass is 9.79. The van der Waals surface area contributed by atoms with Crippen LogP contribution in [0.5, 0.6) is 0 Å². The zero-order valence-electron chi connectivity index (χ0n) is 14.7. The zero-order valence-corrected chi connectivity index (χ0v) is 15.5. The summed E-state index contributed by atoms with van der Waals surface area (Å²) in [7, 11) is -5.27. The van der Waals surface area contributed by atoms with Crippen LogP contribution in [0, 0.1) is 5.92 Å². The fraction of sp³-hybridized carbons (Fsp3) is 0.923. The standard InChI is InChI=1S/C13H29BN4O6S/c1-3-17(8-11(15)12(19)20)25(23,24)18-7-10(13(2,16)9-18)5-4-6-14(21)22/h10-11,21-22H,3-9,15-16H2,1-2H3,(H,19,20)/t10-,11?,13-/m0/s1. The summed E-state index contributed by atoms with van der Waals surface area (Å²) in [6.07, 6.45) is 1.29. The molecule has 1 unspecified atom stereocenters. The van der Waals surface area contributed by atoms with Crippen LogP contribution < -0.4 is 11.5 Å². The SMILES string of the molecule is CCN(CC(N)C(=O)O)S(=O)(=O)N1C[C@H](CCCB(O)O)[C@@](C)(N)C1. The number of aliphatic carboxylic acids is 1. The lowest BCUT2D eigenvalue weighted by Gasteiger charge is -2.28. The van der Waals surface area contributed by atoms with E-state index in [0.29, 0.717) is 12.8 Å². The van der Waals surface area contributed by atoms with E-state index in [-0.39, 0.29) is 38.4 Å². The number of hydrogen-bond donors (Lipinski definition) is 5. The highest BCUT2D eigenvalue weighted by molar-refractivity contribution is 7.86. The largest absolute Gasteiger partial charge is 0.480 e. The number of likely N-dealkylation sites (N-methyl/N-ethyl adjacent to an activating group) is 1. The Morgan fingerprint density at radius 3 is 2.56 bits per heavy atom. The summed E-state index contributed by atoms with van der Waals surface area (Å²) >= 11 is 0. The maximum absolute atomic E-state index is 12.8. The van der Waals surface area contributed by atoms with Crippen LogP contribution in [0.1, 0.15) is 26.7 Å². The van der Waals surface area contributed by atoms with Crippen LogP contribution in [0.15, 0.2) is 0 Å². The molecule has 0 aromatic rings. The number of nitrogens with zero attached hydrogens (tertiary/aromatic N) is 2. The van der Waals surface area contributed by atoms with Crippen LogP contribution in [0.4, 0.5) is 0 Å². The van der Waals surface area contributed by atoms with E-state index in [4.69, 9.17) is 26.6 Å². The molecule has 0 saturated carbocycles. The molecule has 0 bridgehead atoms. The molecule has 1 saturated heterocycles. The Kier molecular flexibility index (Phi) is 7.81. The highest BCUT2D eigenvalue weighted by Gasteiger charge is 2.45. The molecule has 0 amide bonds. The van der Waals surface area contributed by atoms with Gasteiger partial charge >= 0.3 is 13.1 Å². The molecular weight excluding hydrogens is 351 g/mol. The number of carbonyl (C=O) groups is 1. The molecular formula is C13H29BN4O6S. The van der Waals surface area contributed by atoms with Crippen molar-refractivity contribution in [2.75, 3.05) is 26.2 Å². The minimum atomic E-state index is -3.88. The lowest BCUT2D eigenvalue weighted by molar-refractivity contribution is -0.138. The molecule has 7 N–H and O–H groups in total. The zero-order chi connectivity index (χ0) is 19.4. The molecule has 1 fully saturated rings. The molecule has 0 aromatic carbocycles. The Morgan fingerprint density at radius 2 is 2.08 bits per heavy atom. The van der Waals surface area contributed by atoms with Crippen LogP contribution in [-0.2, 0) is 15.0 Å². The lowest BCUT2D eigenvalue weighted by Crippen LogP contribution is -2.51. The van der Waals surface area contributed by atoms with E-state index >= 15 is 0 Å². The molecule has 1 aliphatic heterocycles. The van der Waals surface area contributed by atoms with Crippen molar-refractivity contribution in [2.24, 2.45) is 17.4 Å². The second kappa shape index (κ2) is 8.76. The highest BCUT2D eigenvalue weighted by Crippen LogP contribution is 2.32. The molecule has 10 nitrogen and oxygen atoms in total. The first kappa shape index (κ1) is 22.3. The van der Waals surface area contributed by atoms with E-state index < -0.39 is 34.9 Å². The third-order valence-corrected chi connectivity index (χ3v) is 6.60. The molecule has 3 atom stereocenters. The van der Waals surface area contributed by atoms with Crippen molar-refractivity contribution in [1.82, 2.24) is 8.61 Å². The molecule has 1 aliphatic rings. The van der Waals surface area contributed by atoms with Crippen molar-refractivity contribution in [3.8, 4) is 0 Å². The van der Waals surface area contributed by atoms with Gasteiger partial charge in [0.05, 0.1) is 0 Å². The Morgan fingerprint density at radius 1 is 1.48 bits per heavy atom. The van der Waals surface area contributed by atoms with Gasteiger partial charge in [-0.3, -0.25) is 4.79 Å². The van der Waals surface area contributed by atoms with Gasteiger partial charge in [0.25, 0.3) is 10.2 Å². The number of carboxylic acids is 1. The average molecular weight is 380 g/mol. The quantitative estimate of drug-likeness (QED) is 0.267. The molecule has 0 aliphatic carbocycles. The Hall–Kier alpha value is -0.755. The fourth-order valence-corrected chi connectivity index (χ4v) is 4.83. The Labute approximate surface area is 149 Å². The second-order valence-electron chi connectivity index (χ2n) is 6.81. The molecule has 0 aromatic heterocycles. The maximum atomic E-state index is 12.8. The van der Waals surface area contributed by atoms with Gasteiger partial charge in [-0.15, -0.1) is 0 Å². The van der Waals surface area contributed by atoms with Crippen molar-refractivity contribution < 1.29 is 28.4 Å². The average Bonchev–Trinajstić information content (AvgIpc) is 2.79. The van der Waals surface area contributed by atoms with Crippen LogP contribution in [0.3, 0.4) is 0 Å². The summed E-state index contributed by atoms with van der Waals surface area (Å²) in [6.45, 7) is 3.48. The number of nitrogens with two attached hydrogens (primary N) is 2. The van der Waals surface area contributed by atoms with E-state index in [1.807, 2.05) is 0 Å². The highest BCUT2D eigenvalue weighted by atomic mass is 32.2. The third-order valence-electron chi connectivity index (χ3n) is 4.61. The van der Waals surface area contributed by atoms with E-state index in [1.54, 1.807) is 13.8 Å². The first-order chi connectivity index (χ1) is 11.4. The van der Waals surface area contributed by atoms with Crippen LogP contribution in [0.25, 0.3) is 0 Å². The number of carboxylic acid groups (broad SMARTS) is 1. The van der Waals surface area contributed by atoms with E-state index in [0.717, 1.165) is 4.31 Å². The Balaban J connectivity index is 2.82. The minimum Gasteiger partial charge on any atom is -0.480 e. The first-order valence-electron chi connectivity index (χ1n) is 8.30. The van der Waals surface area contributed by atoms with Gasteiger partial charge in [-0.2, -0.15) is 17.0 Å². The summed E-state index contributed by atoms with van der Waals surface area (Å²) in [5.74, 6) is -1.40. The van der Waals surface area contributed by atoms with Gasteiger partial charge in [0, 0.05) is 31.7 Å². The monoisotopic (exact) mass is 380 g/mol. The van der Waals surface area contributed by atoms with Crippen molar-refractivity contribution in [3.05, 3.63) is 0 Å². The van der Waals surface area contributed by atoms with Crippen molar-refractivity contribution in [3.63, 3.8) is 0 Å². The summed E-state index contributed by atoms with van der Waals surface area (Å²) in [4.78, 5) is 10.9. The van der Waals surface area contributed by atoms with Crippen LogP contribution in [-0.4, -0.2) is 83.0 Å². The van der Waals surface area contributed by atoms with Gasteiger partial charge in [0.1, 0.15) is 6.04 Å². The number of hydrogen-bond acceptors (Lipinski definition) is 7. The normalized spacial score (nSPS) is 26.1. The van der Waals surface area contributed by atoms with Crippen molar-refractivity contribution in [1.29, 1.82) is 0 Å². The summed E-state index contributed by atoms with van der Waals surface area (Å²) in [6, 6.07) is -1.30. The van der Waals surface area contributed by atoms with Gasteiger partial charge in [-0.1, -0.05) is 13.3 Å². The van der Waals surface area contributed by atoms with E-state index in [2.05, 4.69) is 0 Å². The van der Waals surface area contributed by atoms with Crippen molar-refractivity contribution in [2.45, 2.75) is 44.6 Å². The molecule has 1 heterocycles. The smallest absolute Gasteiger partial charge is 0.451 e. The molecule has 1 rings (SSSR count). The minimum absolute atomic E-state index is 0.0997. The molecule has 25 heavy (non-hydrogen) atoms. The Bertz CT molecular complexity index is 559. The van der Waals surface area contributed by atoms with E-state index in [1.165, 1.54) is 4.31 Å². The maximum Gasteiger partial charge on any atom is 0.451 e. The third kappa shape index (κ3) is 5.88. The molecule has 12 heteroatoms. The molecule has 146 valence electrons. The van der Waals surface area contributed by atoms with E-state index in [9.17, 15) is 13.2 Å². The molecule has 0 spiro atoms. The fourth-order valence-electron chi connectivity index (χ4n) is 3.02. The van der Waals surface area contributed by atoms with Crippen LogP contribution >= 0.6 is 0 Å². The van der Waals surface area contributed by atoms with Gasteiger partial charge in [-0.05, 0) is 25.6 Å². The van der Waals surface area contributed by atoms with Gasteiger partial charge in [-0.25, -0.2) is 0 Å². The van der Waals surface area contributed by atoms with Gasteiger partial charge < -0.3 is 26.6 Å². The van der Waals surface area contributed by atoms with Gasteiger partial charge in [0.15, 0.2) is 0 Å².